The lowest BCUT2D eigenvalue weighted by Gasteiger charge is -2.22. The maximum atomic E-state index is 6.35. The van der Waals surface area contributed by atoms with Gasteiger partial charge in [0.1, 0.15) is 11.2 Å². The number of aromatic nitrogens is 3. The molecule has 1 aliphatic carbocycles. The first-order chi connectivity index (χ1) is 28.5. The molecule has 10 aromatic rings. The predicted molar refractivity (Wildman–Crippen MR) is 237 cm³/mol. The molecule has 0 radical (unpaired) electrons. The van der Waals surface area contributed by atoms with Crippen LogP contribution in [0.25, 0.3) is 101 Å². The Labute approximate surface area is 337 Å². The average Bonchev–Trinajstić information content (AvgIpc) is 3.78. The van der Waals surface area contributed by atoms with Crippen LogP contribution in [0, 0.1) is 0 Å². The van der Waals surface area contributed by atoms with Gasteiger partial charge < -0.3 is 4.42 Å². The fourth-order valence-electron chi connectivity index (χ4n) is 8.94. The van der Waals surface area contributed by atoms with E-state index in [9.17, 15) is 0 Å². The second-order valence-corrected chi connectivity index (χ2v) is 15.6. The molecule has 0 aliphatic heterocycles. The number of nitrogens with zero attached hydrogens (tertiary/aromatic N) is 3. The molecule has 0 N–H and O–H groups in total. The maximum absolute atomic E-state index is 6.35. The fraction of sp³-hybridized carbons (Fsp3) is 0.0556. The van der Waals surface area contributed by atoms with Gasteiger partial charge in [0.2, 0.25) is 0 Å². The summed E-state index contributed by atoms with van der Waals surface area (Å²) in [5.74, 6) is 1.79. The zero-order chi connectivity index (χ0) is 38.8. The molecule has 0 fully saturated rings. The molecule has 8 aromatic carbocycles. The largest absolute Gasteiger partial charge is 0.456 e. The second-order valence-electron chi connectivity index (χ2n) is 15.6. The van der Waals surface area contributed by atoms with Crippen molar-refractivity contribution in [3.8, 4) is 78.7 Å². The van der Waals surface area contributed by atoms with Gasteiger partial charge in [0, 0.05) is 38.4 Å². The molecule has 0 unspecified atom stereocenters. The van der Waals surface area contributed by atoms with E-state index in [-0.39, 0.29) is 5.41 Å². The molecule has 0 saturated carbocycles. The molecule has 0 saturated heterocycles. The minimum Gasteiger partial charge on any atom is -0.456 e. The molecule has 4 nitrogen and oxygen atoms in total. The van der Waals surface area contributed by atoms with Crippen molar-refractivity contribution < 1.29 is 4.42 Å². The summed E-state index contributed by atoms with van der Waals surface area (Å²) in [5.41, 5.74) is 16.1. The van der Waals surface area contributed by atoms with Crippen LogP contribution in [0.4, 0.5) is 0 Å². The van der Waals surface area contributed by atoms with Crippen LogP contribution in [0.3, 0.4) is 0 Å². The highest BCUT2D eigenvalue weighted by Gasteiger charge is 2.35. The lowest BCUT2D eigenvalue weighted by molar-refractivity contribution is 0.660. The molecule has 2 heterocycles. The molecule has 11 rings (SSSR count). The van der Waals surface area contributed by atoms with Gasteiger partial charge in [0.25, 0.3) is 0 Å². The Hall–Kier alpha value is -7.43. The smallest absolute Gasteiger partial charge is 0.164 e. The van der Waals surface area contributed by atoms with Crippen molar-refractivity contribution in [3.05, 3.63) is 199 Å². The predicted octanol–water partition coefficient (Wildman–Crippen LogP) is 14.1. The van der Waals surface area contributed by atoms with Gasteiger partial charge in [-0.2, -0.15) is 0 Å². The first kappa shape index (κ1) is 33.9. The second kappa shape index (κ2) is 13.4. The molecule has 0 amide bonds. The summed E-state index contributed by atoms with van der Waals surface area (Å²) >= 11 is 0. The van der Waals surface area contributed by atoms with Crippen molar-refractivity contribution in [2.45, 2.75) is 19.3 Å². The number of para-hydroxylation sites is 1. The average molecular weight is 744 g/mol. The van der Waals surface area contributed by atoms with Gasteiger partial charge in [-0.25, -0.2) is 15.0 Å². The third-order valence-corrected chi connectivity index (χ3v) is 11.8. The summed E-state index contributed by atoms with van der Waals surface area (Å²) in [4.78, 5) is 16.0. The molecule has 274 valence electrons. The van der Waals surface area contributed by atoms with Crippen LogP contribution >= 0.6 is 0 Å². The minimum absolute atomic E-state index is 0.0952. The van der Waals surface area contributed by atoms with Crippen LogP contribution in [-0.4, -0.2) is 15.0 Å². The summed E-state index contributed by atoms with van der Waals surface area (Å²) in [7, 11) is 0. The Kier molecular flexibility index (Phi) is 7.80. The monoisotopic (exact) mass is 743 g/mol. The van der Waals surface area contributed by atoms with Crippen LogP contribution in [0.15, 0.2) is 192 Å². The topological polar surface area (TPSA) is 51.8 Å². The quantitative estimate of drug-likeness (QED) is 0.170. The maximum Gasteiger partial charge on any atom is 0.164 e. The van der Waals surface area contributed by atoms with Crippen LogP contribution in [-0.2, 0) is 5.41 Å². The number of furan rings is 1. The summed E-state index contributed by atoms with van der Waals surface area (Å²) < 4.78 is 6.35. The van der Waals surface area contributed by atoms with E-state index in [1.807, 2.05) is 48.5 Å². The van der Waals surface area contributed by atoms with Gasteiger partial charge in [-0.05, 0) is 80.4 Å². The Morgan fingerprint density at radius 1 is 0.362 bits per heavy atom. The molecule has 0 spiro atoms. The number of rotatable bonds is 6. The lowest BCUT2D eigenvalue weighted by Crippen LogP contribution is -2.14. The highest BCUT2D eigenvalue weighted by molar-refractivity contribution is 6.12. The third-order valence-electron chi connectivity index (χ3n) is 11.8. The van der Waals surface area contributed by atoms with Crippen LogP contribution in [0.2, 0.25) is 0 Å². The summed E-state index contributed by atoms with van der Waals surface area (Å²) in [6.07, 6.45) is 0. The van der Waals surface area contributed by atoms with Crippen LogP contribution in [0.5, 0.6) is 0 Å². The summed E-state index contributed by atoms with van der Waals surface area (Å²) in [5, 5.41) is 2.01. The van der Waals surface area contributed by atoms with E-state index in [2.05, 4.69) is 153 Å². The fourth-order valence-corrected chi connectivity index (χ4v) is 8.94. The number of benzene rings is 8. The molecule has 0 atom stereocenters. The molecule has 4 heteroatoms. The van der Waals surface area contributed by atoms with Crippen molar-refractivity contribution in [3.63, 3.8) is 0 Å². The molecule has 58 heavy (non-hydrogen) atoms. The van der Waals surface area contributed by atoms with E-state index in [1.165, 1.54) is 22.3 Å². The van der Waals surface area contributed by atoms with E-state index in [0.29, 0.717) is 17.5 Å². The van der Waals surface area contributed by atoms with Gasteiger partial charge in [-0.1, -0.05) is 172 Å². The first-order valence-electron chi connectivity index (χ1n) is 19.8. The van der Waals surface area contributed by atoms with Crippen molar-refractivity contribution in [1.82, 2.24) is 15.0 Å². The standard InChI is InChI=1S/C54H37N3O/c1-54(2)45-26-14-12-23-39(45)43-31-37(29-30-46(43)54)42-32-38(34-17-6-3-7-18-34)33-44(49(42)35-19-8-4-9-20-35)53-56-51(36-21-10-5-11-22-36)55-52(57-53)41-25-16-28-48-50(41)40-24-13-15-27-47(40)58-48/h3-33H,1-2H3. The van der Waals surface area contributed by atoms with E-state index in [4.69, 9.17) is 19.4 Å². The normalized spacial score (nSPS) is 12.8. The van der Waals surface area contributed by atoms with E-state index >= 15 is 0 Å². The SMILES string of the molecule is CC1(C)c2ccccc2-c2cc(-c3cc(-c4ccccc4)cc(-c4nc(-c5ccccc5)nc(-c5cccc6oc7ccccc7c56)n4)c3-c3ccccc3)ccc21. The molecule has 1 aliphatic rings. The van der Waals surface area contributed by atoms with Crippen molar-refractivity contribution in [2.75, 3.05) is 0 Å². The van der Waals surface area contributed by atoms with Crippen molar-refractivity contribution in [1.29, 1.82) is 0 Å². The van der Waals surface area contributed by atoms with Crippen molar-refractivity contribution >= 4 is 21.9 Å². The Morgan fingerprint density at radius 2 is 0.914 bits per heavy atom. The van der Waals surface area contributed by atoms with Crippen LogP contribution < -0.4 is 0 Å². The number of fused-ring (bicyclic) bond motifs is 6. The zero-order valence-corrected chi connectivity index (χ0v) is 32.1. The first-order valence-corrected chi connectivity index (χ1v) is 19.8. The van der Waals surface area contributed by atoms with Gasteiger partial charge in [0.05, 0.1) is 0 Å². The molecule has 2 aromatic heterocycles. The van der Waals surface area contributed by atoms with Gasteiger partial charge in [-0.15, -0.1) is 0 Å². The summed E-state index contributed by atoms with van der Waals surface area (Å²) in [6, 6.07) is 66.2. The van der Waals surface area contributed by atoms with E-state index < -0.39 is 0 Å². The summed E-state index contributed by atoms with van der Waals surface area (Å²) in [6.45, 7) is 4.66. The third kappa shape index (κ3) is 5.48. The number of hydrogen-bond donors (Lipinski definition) is 0. The Bertz CT molecular complexity index is 3180. The van der Waals surface area contributed by atoms with Crippen LogP contribution in [0.1, 0.15) is 25.0 Å². The minimum atomic E-state index is -0.0952. The van der Waals surface area contributed by atoms with Gasteiger partial charge in [-0.3, -0.25) is 0 Å². The zero-order valence-electron chi connectivity index (χ0n) is 32.1. The van der Waals surface area contributed by atoms with Gasteiger partial charge in [0.15, 0.2) is 17.5 Å². The molecular weight excluding hydrogens is 707 g/mol. The lowest BCUT2D eigenvalue weighted by atomic mass is 9.81. The highest BCUT2D eigenvalue weighted by Crippen LogP contribution is 2.51. The van der Waals surface area contributed by atoms with E-state index in [1.54, 1.807) is 0 Å². The van der Waals surface area contributed by atoms with E-state index in [0.717, 1.165) is 72.0 Å². The molecular formula is C54H37N3O. The Balaban J connectivity index is 1.23. The Morgan fingerprint density at radius 3 is 1.69 bits per heavy atom. The van der Waals surface area contributed by atoms with Crippen molar-refractivity contribution in [2.24, 2.45) is 0 Å². The number of hydrogen-bond acceptors (Lipinski definition) is 4. The molecule has 0 bridgehead atoms. The van der Waals surface area contributed by atoms with Gasteiger partial charge >= 0.3 is 0 Å². The highest BCUT2D eigenvalue weighted by atomic mass is 16.3.